The Balaban J connectivity index is 1.08. The van der Waals surface area contributed by atoms with Crippen molar-refractivity contribution in [2.24, 2.45) is 0 Å². The van der Waals surface area contributed by atoms with Crippen LogP contribution in [0.5, 0.6) is 46.0 Å². The van der Waals surface area contributed by atoms with E-state index in [-0.39, 0.29) is 46.0 Å². The second-order valence-electron chi connectivity index (χ2n) is 14.1. The summed E-state index contributed by atoms with van der Waals surface area (Å²) in [5.41, 5.74) is 2.91. The number of phenols is 4. The number of carbonyl (C=O) groups excluding carboxylic acids is 2. The van der Waals surface area contributed by atoms with Gasteiger partial charge in [-0.05, 0) is 65.7 Å². The highest BCUT2D eigenvalue weighted by Crippen LogP contribution is 2.60. The van der Waals surface area contributed by atoms with E-state index < -0.39 is 23.1 Å². The molecule has 10 heteroatoms. The molecule has 2 unspecified atom stereocenters. The zero-order chi connectivity index (χ0) is 38.1. The Kier molecular flexibility index (Phi) is 6.20. The average molecular weight is 739 g/mol. The Labute approximate surface area is 317 Å². The number of phenolic OH excluding ortho intramolecular Hbond substituents is 4. The summed E-state index contributed by atoms with van der Waals surface area (Å²) in [6.07, 6.45) is 0. The summed E-state index contributed by atoms with van der Waals surface area (Å²) in [5.74, 6) is -0.370. The van der Waals surface area contributed by atoms with E-state index >= 15 is 0 Å². The molecule has 11 rings (SSSR count). The fraction of sp³-hybridized carbons (Fsp3) is 0.0435. The third-order valence-corrected chi connectivity index (χ3v) is 11.1. The lowest BCUT2D eigenvalue weighted by Gasteiger charge is -2.37. The van der Waals surface area contributed by atoms with Crippen molar-refractivity contribution >= 4 is 11.9 Å². The van der Waals surface area contributed by atoms with Gasteiger partial charge in [0, 0.05) is 68.8 Å². The van der Waals surface area contributed by atoms with Crippen LogP contribution in [0.3, 0.4) is 0 Å². The van der Waals surface area contributed by atoms with Crippen LogP contribution in [0, 0.1) is 0 Å². The highest BCUT2D eigenvalue weighted by atomic mass is 16.6. The number of rotatable bonds is 2. The van der Waals surface area contributed by atoms with Crippen LogP contribution in [0.25, 0.3) is 22.3 Å². The molecule has 2 spiro atoms. The van der Waals surface area contributed by atoms with Crippen molar-refractivity contribution in [2.75, 3.05) is 0 Å². The summed E-state index contributed by atoms with van der Waals surface area (Å²) in [6.45, 7) is 0. The molecule has 4 heterocycles. The SMILES string of the molecule is O=C1OC2(c3ccc(O)cc3Oc3cc(O)c(-c4cccc(-c5cc6c(cc5O)Oc5cc(O)ccc5C65OC(=O)c6ccccc65)c4)cc32)c2ccccc21. The third-order valence-electron chi connectivity index (χ3n) is 11.1. The van der Waals surface area contributed by atoms with Gasteiger partial charge in [0.2, 0.25) is 0 Å². The van der Waals surface area contributed by atoms with Crippen molar-refractivity contribution < 1.29 is 49.0 Å². The standard InChI is InChI=1S/C46H26O10/c47-25-12-14-33-39(17-25)53-41-21-37(49)29(19-35(41)45(33)31-10-3-1-8-27(31)43(51)55-45)23-6-5-7-24(16-23)30-20-36-42(22-38(30)50)54-40-18-26(48)13-15-34(40)46(36)32-11-4-2-9-28(32)44(52)56-46/h1-22,47-50H. The maximum absolute atomic E-state index is 13.4. The Morgan fingerprint density at radius 2 is 0.804 bits per heavy atom. The highest BCUT2D eigenvalue weighted by molar-refractivity contribution is 5.98. The van der Waals surface area contributed by atoms with Gasteiger partial charge >= 0.3 is 11.9 Å². The summed E-state index contributed by atoms with van der Waals surface area (Å²) in [4.78, 5) is 26.8. The maximum atomic E-state index is 13.4. The summed E-state index contributed by atoms with van der Waals surface area (Å²) < 4.78 is 25.0. The second kappa shape index (κ2) is 10.9. The van der Waals surface area contributed by atoms with Crippen LogP contribution in [0.4, 0.5) is 0 Å². The Bertz CT molecular complexity index is 2740. The number of aromatic hydroxyl groups is 4. The minimum absolute atomic E-state index is 0.0423. The van der Waals surface area contributed by atoms with Crippen LogP contribution in [0.2, 0.25) is 0 Å². The van der Waals surface area contributed by atoms with Gasteiger partial charge in [-0.15, -0.1) is 0 Å². The van der Waals surface area contributed by atoms with Crippen LogP contribution in [-0.4, -0.2) is 32.4 Å². The minimum Gasteiger partial charge on any atom is -0.508 e. The molecule has 4 aliphatic rings. The van der Waals surface area contributed by atoms with Crippen LogP contribution in [0.15, 0.2) is 133 Å². The number of esters is 2. The molecular weight excluding hydrogens is 712 g/mol. The van der Waals surface area contributed by atoms with E-state index in [4.69, 9.17) is 18.9 Å². The molecule has 0 saturated carbocycles. The number of fused-ring (bicyclic) bond motifs is 12. The zero-order valence-electron chi connectivity index (χ0n) is 28.9. The first-order valence-electron chi connectivity index (χ1n) is 17.7. The van der Waals surface area contributed by atoms with Gasteiger partial charge in [0.1, 0.15) is 46.0 Å². The molecule has 270 valence electrons. The fourth-order valence-corrected chi connectivity index (χ4v) is 8.71. The molecule has 0 fully saturated rings. The Hall–Kier alpha value is -7.72. The molecule has 0 bridgehead atoms. The van der Waals surface area contributed by atoms with Crippen molar-refractivity contribution in [2.45, 2.75) is 11.2 Å². The first kappa shape index (κ1) is 31.8. The first-order valence-corrected chi connectivity index (χ1v) is 17.7. The molecule has 0 radical (unpaired) electrons. The van der Waals surface area contributed by atoms with Crippen LogP contribution in [0.1, 0.15) is 54.1 Å². The number of hydrogen-bond acceptors (Lipinski definition) is 10. The van der Waals surface area contributed by atoms with Crippen molar-refractivity contribution in [1.82, 2.24) is 0 Å². The van der Waals surface area contributed by atoms with Gasteiger partial charge in [-0.3, -0.25) is 0 Å². The van der Waals surface area contributed by atoms with E-state index in [1.807, 2.05) is 24.3 Å². The largest absolute Gasteiger partial charge is 0.508 e. The van der Waals surface area contributed by atoms with Crippen LogP contribution >= 0.6 is 0 Å². The number of benzene rings is 7. The second-order valence-corrected chi connectivity index (χ2v) is 14.1. The Morgan fingerprint density at radius 1 is 0.375 bits per heavy atom. The third kappa shape index (κ3) is 4.09. The van der Waals surface area contributed by atoms with Gasteiger partial charge in [-0.1, -0.05) is 54.6 Å². The molecule has 0 aromatic heterocycles. The molecule has 0 aliphatic carbocycles. The van der Waals surface area contributed by atoms with E-state index in [9.17, 15) is 30.0 Å². The molecule has 4 N–H and O–H groups in total. The number of ether oxygens (including phenoxy) is 4. The average Bonchev–Trinajstić information content (AvgIpc) is 3.65. The van der Waals surface area contributed by atoms with E-state index in [0.717, 1.165) is 0 Å². The van der Waals surface area contributed by atoms with E-state index in [1.54, 1.807) is 72.8 Å². The lowest BCUT2D eigenvalue weighted by molar-refractivity contribution is 0.0214. The smallest absolute Gasteiger partial charge is 0.340 e. The molecule has 7 aromatic carbocycles. The van der Waals surface area contributed by atoms with Gasteiger partial charge < -0.3 is 39.4 Å². The molecule has 2 atom stereocenters. The predicted molar refractivity (Wildman–Crippen MR) is 200 cm³/mol. The summed E-state index contributed by atoms with van der Waals surface area (Å²) in [5, 5.41) is 43.8. The molecular formula is C46H26O10. The van der Waals surface area contributed by atoms with Crippen molar-refractivity contribution in [3.8, 4) is 68.2 Å². The zero-order valence-corrected chi connectivity index (χ0v) is 28.9. The molecule has 7 aromatic rings. The van der Waals surface area contributed by atoms with Gasteiger partial charge in [0.05, 0.1) is 11.1 Å². The normalized spacial score (nSPS) is 19.1. The van der Waals surface area contributed by atoms with E-state index in [0.29, 0.717) is 66.8 Å². The number of hydrogen-bond donors (Lipinski definition) is 4. The van der Waals surface area contributed by atoms with Crippen LogP contribution < -0.4 is 9.47 Å². The lowest BCUT2D eigenvalue weighted by atomic mass is 9.76. The molecule has 56 heavy (non-hydrogen) atoms. The summed E-state index contributed by atoms with van der Waals surface area (Å²) in [6, 6.07) is 36.9. The summed E-state index contributed by atoms with van der Waals surface area (Å²) in [7, 11) is 0. The van der Waals surface area contributed by atoms with E-state index in [1.165, 1.54) is 36.4 Å². The minimum atomic E-state index is -1.45. The van der Waals surface area contributed by atoms with Crippen molar-refractivity contribution in [1.29, 1.82) is 0 Å². The topological polar surface area (TPSA) is 152 Å². The molecule has 0 saturated heterocycles. The van der Waals surface area contributed by atoms with E-state index in [2.05, 4.69) is 0 Å². The fourth-order valence-electron chi connectivity index (χ4n) is 8.71. The van der Waals surface area contributed by atoms with Gasteiger partial charge in [0.15, 0.2) is 11.2 Å². The van der Waals surface area contributed by atoms with Crippen molar-refractivity contribution in [3.63, 3.8) is 0 Å². The van der Waals surface area contributed by atoms with Crippen LogP contribution in [-0.2, 0) is 20.7 Å². The van der Waals surface area contributed by atoms with Gasteiger partial charge in [0.25, 0.3) is 0 Å². The van der Waals surface area contributed by atoms with Crippen molar-refractivity contribution in [3.05, 3.63) is 178 Å². The quantitative estimate of drug-likeness (QED) is 0.127. The lowest BCUT2D eigenvalue weighted by Crippen LogP contribution is -2.33. The molecule has 0 amide bonds. The maximum Gasteiger partial charge on any atom is 0.340 e. The van der Waals surface area contributed by atoms with Gasteiger partial charge in [-0.2, -0.15) is 0 Å². The monoisotopic (exact) mass is 738 g/mol. The molecule has 4 aliphatic heterocycles. The highest BCUT2D eigenvalue weighted by Gasteiger charge is 2.55. The number of carbonyl (C=O) groups is 2. The van der Waals surface area contributed by atoms with Gasteiger partial charge in [-0.25, -0.2) is 9.59 Å². The first-order chi connectivity index (χ1) is 27.2. The molecule has 10 nitrogen and oxygen atoms in total. The predicted octanol–water partition coefficient (Wildman–Crippen LogP) is 8.98. The Morgan fingerprint density at radius 3 is 1.27 bits per heavy atom. The summed E-state index contributed by atoms with van der Waals surface area (Å²) >= 11 is 0.